The van der Waals surface area contributed by atoms with Crippen LogP contribution in [-0.4, -0.2) is 5.11 Å². The van der Waals surface area contributed by atoms with Gasteiger partial charge in [0.1, 0.15) is 11.3 Å². The molecule has 0 aliphatic rings. The van der Waals surface area contributed by atoms with Gasteiger partial charge in [0, 0.05) is 0 Å². The number of rotatable bonds is 0. The van der Waals surface area contributed by atoms with Crippen molar-refractivity contribution in [2.75, 3.05) is 0 Å². The number of benzene rings is 1. The van der Waals surface area contributed by atoms with Crippen molar-refractivity contribution in [2.24, 2.45) is 0 Å². The number of alkyl halides is 6. The molecular formula is C8H3F6O. The smallest absolute Gasteiger partial charge is 0.420 e. The first-order valence-corrected chi connectivity index (χ1v) is 3.52. The standard InChI is InChI=1S/C8H3F6O/c9-7(10,11)4-2-1-3-5(15)6(4)8(12,13)14/h1,3,15H. The first kappa shape index (κ1) is 11.7. The van der Waals surface area contributed by atoms with Crippen LogP contribution in [0.2, 0.25) is 0 Å². The predicted octanol–water partition coefficient (Wildman–Crippen LogP) is 3.23. The lowest BCUT2D eigenvalue weighted by Gasteiger charge is -2.15. The molecule has 0 heterocycles. The van der Waals surface area contributed by atoms with Gasteiger partial charge in [-0.3, -0.25) is 0 Å². The SMILES string of the molecule is Oc1cc[c]c(C(F)(F)F)c1C(F)(F)F. The first-order chi connectivity index (χ1) is 6.64. The molecule has 1 rings (SSSR count). The van der Waals surface area contributed by atoms with Gasteiger partial charge in [-0.1, -0.05) is 6.07 Å². The first-order valence-electron chi connectivity index (χ1n) is 3.52. The van der Waals surface area contributed by atoms with Crippen molar-refractivity contribution in [3.8, 4) is 5.75 Å². The predicted molar refractivity (Wildman–Crippen MR) is 36.9 cm³/mol. The van der Waals surface area contributed by atoms with E-state index in [0.29, 0.717) is 12.1 Å². The molecule has 0 atom stereocenters. The second kappa shape index (κ2) is 3.32. The Morgan fingerprint density at radius 3 is 1.87 bits per heavy atom. The average Bonchev–Trinajstić information content (AvgIpc) is 1.99. The van der Waals surface area contributed by atoms with Gasteiger partial charge in [0.25, 0.3) is 0 Å². The topological polar surface area (TPSA) is 20.2 Å². The van der Waals surface area contributed by atoms with Gasteiger partial charge in [0.15, 0.2) is 0 Å². The third kappa shape index (κ3) is 2.34. The van der Waals surface area contributed by atoms with E-state index in [1.807, 2.05) is 0 Å². The van der Waals surface area contributed by atoms with Crippen LogP contribution in [0.4, 0.5) is 26.3 Å². The maximum Gasteiger partial charge on any atom is 0.420 e. The summed E-state index contributed by atoms with van der Waals surface area (Å²) in [4.78, 5) is 0. The number of hydrogen-bond acceptors (Lipinski definition) is 1. The molecule has 0 aliphatic heterocycles. The van der Waals surface area contributed by atoms with E-state index >= 15 is 0 Å². The van der Waals surface area contributed by atoms with Gasteiger partial charge >= 0.3 is 12.4 Å². The molecule has 0 fully saturated rings. The summed E-state index contributed by atoms with van der Waals surface area (Å²) in [5.41, 5.74) is -4.13. The lowest BCUT2D eigenvalue weighted by Crippen LogP contribution is -2.16. The molecule has 1 nitrogen and oxygen atoms in total. The molecule has 0 saturated heterocycles. The van der Waals surface area contributed by atoms with Gasteiger partial charge in [-0.05, 0) is 12.1 Å². The summed E-state index contributed by atoms with van der Waals surface area (Å²) in [6.45, 7) is 0. The van der Waals surface area contributed by atoms with E-state index in [4.69, 9.17) is 5.11 Å². The lowest BCUT2D eigenvalue weighted by molar-refractivity contribution is -0.163. The average molecular weight is 229 g/mol. The minimum Gasteiger partial charge on any atom is -0.507 e. The van der Waals surface area contributed by atoms with Crippen molar-refractivity contribution in [3.63, 3.8) is 0 Å². The maximum atomic E-state index is 12.2. The molecule has 0 unspecified atom stereocenters. The Morgan fingerprint density at radius 2 is 1.53 bits per heavy atom. The molecule has 0 aliphatic carbocycles. The maximum absolute atomic E-state index is 12.2. The second-order valence-electron chi connectivity index (χ2n) is 2.61. The Kier molecular flexibility index (Phi) is 2.58. The summed E-state index contributed by atoms with van der Waals surface area (Å²) in [5, 5.41) is 8.75. The molecule has 0 aromatic heterocycles. The molecule has 0 amide bonds. The van der Waals surface area contributed by atoms with Gasteiger partial charge in [0.05, 0.1) is 5.56 Å². The van der Waals surface area contributed by atoms with Crippen LogP contribution in [-0.2, 0) is 12.4 Å². The number of phenols is 1. The van der Waals surface area contributed by atoms with Crippen molar-refractivity contribution >= 4 is 0 Å². The van der Waals surface area contributed by atoms with Crippen molar-refractivity contribution in [1.29, 1.82) is 0 Å². The number of hydrogen-bond donors (Lipinski definition) is 1. The molecule has 0 bridgehead atoms. The Labute approximate surface area is 79.9 Å². The summed E-state index contributed by atoms with van der Waals surface area (Å²) in [7, 11) is 0. The molecule has 1 N–H and O–H groups in total. The largest absolute Gasteiger partial charge is 0.507 e. The Balaban J connectivity index is 3.48. The van der Waals surface area contributed by atoms with Gasteiger partial charge in [0.2, 0.25) is 0 Å². The zero-order chi connectivity index (χ0) is 11.9. The van der Waals surface area contributed by atoms with E-state index in [1.54, 1.807) is 0 Å². The minimum atomic E-state index is -5.27. The monoisotopic (exact) mass is 229 g/mol. The van der Waals surface area contributed by atoms with Crippen LogP contribution in [0.1, 0.15) is 11.1 Å². The van der Waals surface area contributed by atoms with E-state index in [2.05, 4.69) is 0 Å². The molecule has 7 heteroatoms. The van der Waals surface area contributed by atoms with Crippen LogP contribution in [0.3, 0.4) is 0 Å². The third-order valence-electron chi connectivity index (χ3n) is 1.54. The molecule has 0 saturated carbocycles. The number of aromatic hydroxyl groups is 1. The van der Waals surface area contributed by atoms with E-state index < -0.39 is 29.2 Å². The fraction of sp³-hybridized carbons (Fsp3) is 0.250. The third-order valence-corrected chi connectivity index (χ3v) is 1.54. The van der Waals surface area contributed by atoms with Crippen LogP contribution >= 0.6 is 0 Å². The van der Waals surface area contributed by atoms with Crippen LogP contribution in [0.5, 0.6) is 5.75 Å². The van der Waals surface area contributed by atoms with Crippen LogP contribution < -0.4 is 0 Å². The molecule has 1 aromatic rings. The quantitative estimate of drug-likeness (QED) is 0.677. The zero-order valence-electron chi connectivity index (χ0n) is 6.87. The molecule has 83 valence electrons. The molecule has 1 radical (unpaired) electrons. The van der Waals surface area contributed by atoms with Crippen molar-refractivity contribution < 1.29 is 31.4 Å². The van der Waals surface area contributed by atoms with Gasteiger partial charge in [-0.15, -0.1) is 0 Å². The Bertz CT molecular complexity index is 364. The van der Waals surface area contributed by atoms with Crippen molar-refractivity contribution in [1.82, 2.24) is 0 Å². The Hall–Kier alpha value is -1.40. The lowest BCUT2D eigenvalue weighted by atomic mass is 10.1. The fourth-order valence-corrected chi connectivity index (χ4v) is 0.998. The normalized spacial score (nSPS) is 12.9. The highest BCUT2D eigenvalue weighted by Gasteiger charge is 2.45. The summed E-state index contributed by atoms with van der Waals surface area (Å²) in [6.07, 6.45) is -10.5. The summed E-state index contributed by atoms with van der Waals surface area (Å²) < 4.78 is 72.8. The van der Waals surface area contributed by atoms with Gasteiger partial charge in [-0.25, -0.2) is 0 Å². The Morgan fingerprint density at radius 1 is 1.00 bits per heavy atom. The van der Waals surface area contributed by atoms with Crippen LogP contribution in [0.15, 0.2) is 12.1 Å². The zero-order valence-corrected chi connectivity index (χ0v) is 6.87. The summed E-state index contributed by atoms with van der Waals surface area (Å²) >= 11 is 0. The summed E-state index contributed by atoms with van der Waals surface area (Å²) in [5.74, 6) is -1.46. The van der Waals surface area contributed by atoms with Crippen LogP contribution in [0, 0.1) is 6.07 Å². The highest BCUT2D eigenvalue weighted by Crippen LogP contribution is 2.43. The van der Waals surface area contributed by atoms with Gasteiger partial charge in [-0.2, -0.15) is 26.3 Å². The van der Waals surface area contributed by atoms with E-state index in [0.717, 1.165) is 0 Å². The van der Waals surface area contributed by atoms with E-state index in [9.17, 15) is 26.3 Å². The number of halogens is 6. The van der Waals surface area contributed by atoms with Crippen molar-refractivity contribution in [3.05, 3.63) is 29.3 Å². The van der Waals surface area contributed by atoms with E-state index in [1.165, 1.54) is 6.07 Å². The highest BCUT2D eigenvalue weighted by atomic mass is 19.4. The summed E-state index contributed by atoms with van der Waals surface area (Å²) in [6, 6.07) is 2.49. The molecular weight excluding hydrogens is 226 g/mol. The van der Waals surface area contributed by atoms with E-state index in [-0.39, 0.29) is 0 Å². The second-order valence-corrected chi connectivity index (χ2v) is 2.61. The highest BCUT2D eigenvalue weighted by molar-refractivity contribution is 5.42. The van der Waals surface area contributed by atoms with Crippen LogP contribution in [0.25, 0.3) is 0 Å². The minimum absolute atomic E-state index is 0.498. The molecule has 1 aromatic carbocycles. The fourth-order valence-electron chi connectivity index (χ4n) is 0.998. The molecule has 15 heavy (non-hydrogen) atoms. The van der Waals surface area contributed by atoms with Gasteiger partial charge < -0.3 is 5.11 Å². The molecule has 0 spiro atoms. The van der Waals surface area contributed by atoms with Crippen molar-refractivity contribution in [2.45, 2.75) is 12.4 Å². The number of phenolic OH excluding ortho intramolecular Hbond substituents is 1.